The molecular formula is C20H20N4O4. The van der Waals surface area contributed by atoms with E-state index in [-0.39, 0.29) is 12.1 Å². The molecule has 4 rings (SSSR count). The number of amides is 2. The molecule has 0 radical (unpaired) electrons. The van der Waals surface area contributed by atoms with Crippen LogP contribution in [0.15, 0.2) is 42.6 Å². The number of anilines is 1. The highest BCUT2D eigenvalue weighted by Gasteiger charge is 2.25. The molecule has 0 saturated carbocycles. The normalized spacial score (nSPS) is 15.1. The second-order valence-electron chi connectivity index (χ2n) is 6.52. The third-order valence-corrected chi connectivity index (χ3v) is 4.95. The van der Waals surface area contributed by atoms with Crippen molar-refractivity contribution >= 4 is 28.7 Å². The molecule has 8 heteroatoms. The molecule has 2 N–H and O–H groups in total. The Morgan fingerprint density at radius 3 is 2.86 bits per heavy atom. The van der Waals surface area contributed by atoms with Crippen molar-refractivity contribution in [3.05, 3.63) is 53.7 Å². The lowest BCUT2D eigenvalue weighted by Crippen LogP contribution is -2.31. The Kier molecular flexibility index (Phi) is 4.60. The molecule has 0 aliphatic heterocycles. The van der Waals surface area contributed by atoms with Crippen LogP contribution in [0.5, 0.6) is 5.75 Å². The molecule has 0 fully saturated rings. The summed E-state index contributed by atoms with van der Waals surface area (Å²) < 4.78 is 11.2. The Hall–Kier alpha value is -3.55. The predicted octanol–water partition coefficient (Wildman–Crippen LogP) is 3.47. The molecule has 1 heterocycles. The van der Waals surface area contributed by atoms with Gasteiger partial charge >= 0.3 is 12.1 Å². The van der Waals surface area contributed by atoms with Crippen molar-refractivity contribution in [1.29, 1.82) is 0 Å². The molecule has 1 aromatic heterocycles. The molecule has 0 bridgehead atoms. The number of nitrogens with one attached hydrogen (secondary N) is 2. The lowest BCUT2D eigenvalue weighted by atomic mass is 10.1. The van der Waals surface area contributed by atoms with E-state index in [4.69, 9.17) is 9.47 Å². The number of fused-ring (bicyclic) bond motifs is 2. The van der Waals surface area contributed by atoms with Crippen LogP contribution < -0.4 is 15.4 Å². The number of nitrogens with zero attached hydrogens (tertiary/aromatic N) is 2. The van der Waals surface area contributed by atoms with E-state index in [0.717, 1.165) is 28.8 Å². The van der Waals surface area contributed by atoms with Crippen LogP contribution in [0.3, 0.4) is 0 Å². The summed E-state index contributed by atoms with van der Waals surface area (Å²) >= 11 is 0. The highest BCUT2D eigenvalue weighted by molar-refractivity contribution is 6.02. The molecular weight excluding hydrogens is 360 g/mol. The minimum Gasteiger partial charge on any atom is -0.497 e. The largest absolute Gasteiger partial charge is 0.497 e. The van der Waals surface area contributed by atoms with Crippen LogP contribution in [0, 0.1) is 0 Å². The SMILES string of the molecule is COC(=O)n1ncc2c(NC(=O)NC3CCc4ccc(OC)cc43)cccc21. The minimum atomic E-state index is -0.590. The van der Waals surface area contributed by atoms with Crippen molar-refractivity contribution in [3.8, 4) is 5.75 Å². The Morgan fingerprint density at radius 2 is 2.07 bits per heavy atom. The van der Waals surface area contributed by atoms with E-state index in [0.29, 0.717) is 16.6 Å². The van der Waals surface area contributed by atoms with Crippen molar-refractivity contribution in [2.24, 2.45) is 0 Å². The number of hydrogen-bond donors (Lipinski definition) is 2. The van der Waals surface area contributed by atoms with Gasteiger partial charge in [-0.25, -0.2) is 9.59 Å². The summed E-state index contributed by atoms with van der Waals surface area (Å²) in [5.41, 5.74) is 3.41. The van der Waals surface area contributed by atoms with Crippen molar-refractivity contribution in [2.45, 2.75) is 18.9 Å². The number of carbonyl (C=O) groups is 2. The molecule has 0 saturated heterocycles. The maximum absolute atomic E-state index is 12.6. The maximum atomic E-state index is 12.6. The van der Waals surface area contributed by atoms with E-state index < -0.39 is 6.09 Å². The fraction of sp³-hybridized carbons (Fsp3) is 0.250. The minimum absolute atomic E-state index is 0.0814. The van der Waals surface area contributed by atoms with Crippen molar-refractivity contribution in [1.82, 2.24) is 15.1 Å². The third kappa shape index (κ3) is 3.13. The summed E-state index contributed by atoms with van der Waals surface area (Å²) in [6.07, 6.45) is 2.68. The van der Waals surface area contributed by atoms with Crippen LogP contribution in [0.2, 0.25) is 0 Å². The molecule has 144 valence electrons. The number of benzene rings is 2. The molecule has 2 amide bonds. The molecule has 2 aromatic carbocycles. The predicted molar refractivity (Wildman–Crippen MR) is 104 cm³/mol. The molecule has 1 atom stereocenters. The number of rotatable bonds is 3. The van der Waals surface area contributed by atoms with Crippen molar-refractivity contribution in [3.63, 3.8) is 0 Å². The van der Waals surface area contributed by atoms with E-state index >= 15 is 0 Å². The number of urea groups is 1. The van der Waals surface area contributed by atoms with Crippen molar-refractivity contribution < 1.29 is 19.1 Å². The number of ether oxygens (including phenoxy) is 2. The van der Waals surface area contributed by atoms with Gasteiger partial charge in [-0.15, -0.1) is 0 Å². The lowest BCUT2D eigenvalue weighted by Gasteiger charge is -2.16. The molecule has 1 aliphatic carbocycles. The summed E-state index contributed by atoms with van der Waals surface area (Å²) in [6.45, 7) is 0. The fourth-order valence-corrected chi connectivity index (χ4v) is 3.57. The van der Waals surface area contributed by atoms with Gasteiger partial charge in [-0.1, -0.05) is 12.1 Å². The summed E-state index contributed by atoms with van der Waals surface area (Å²) in [6, 6.07) is 10.8. The van der Waals surface area contributed by atoms with E-state index in [1.165, 1.54) is 18.9 Å². The first-order valence-corrected chi connectivity index (χ1v) is 8.90. The molecule has 1 unspecified atom stereocenters. The lowest BCUT2D eigenvalue weighted by molar-refractivity contribution is 0.170. The zero-order valence-corrected chi connectivity index (χ0v) is 15.6. The van der Waals surface area contributed by atoms with Crippen LogP contribution in [0.1, 0.15) is 23.6 Å². The van der Waals surface area contributed by atoms with Gasteiger partial charge in [-0.05, 0) is 48.2 Å². The highest BCUT2D eigenvalue weighted by atomic mass is 16.5. The Morgan fingerprint density at radius 1 is 1.21 bits per heavy atom. The molecule has 1 aliphatic rings. The number of hydrogen-bond acceptors (Lipinski definition) is 5. The summed E-state index contributed by atoms with van der Waals surface area (Å²) in [5.74, 6) is 0.771. The van der Waals surface area contributed by atoms with Crippen LogP contribution in [-0.2, 0) is 11.2 Å². The highest BCUT2D eigenvalue weighted by Crippen LogP contribution is 2.34. The third-order valence-electron chi connectivity index (χ3n) is 4.95. The van der Waals surface area contributed by atoms with Crippen molar-refractivity contribution in [2.75, 3.05) is 19.5 Å². The van der Waals surface area contributed by atoms with Gasteiger partial charge in [0.25, 0.3) is 0 Å². The summed E-state index contributed by atoms with van der Waals surface area (Å²) in [7, 11) is 2.92. The van der Waals surface area contributed by atoms with Crippen LogP contribution >= 0.6 is 0 Å². The first-order valence-electron chi connectivity index (χ1n) is 8.90. The van der Waals surface area contributed by atoms with Gasteiger partial charge in [0.15, 0.2) is 0 Å². The molecule has 3 aromatic rings. The quantitative estimate of drug-likeness (QED) is 0.726. The van der Waals surface area contributed by atoms with E-state index in [1.807, 2.05) is 18.2 Å². The number of aryl methyl sites for hydroxylation is 1. The summed E-state index contributed by atoms with van der Waals surface area (Å²) in [4.78, 5) is 24.4. The average Bonchev–Trinajstić information content (AvgIpc) is 3.32. The average molecular weight is 380 g/mol. The molecule has 8 nitrogen and oxygen atoms in total. The number of methoxy groups -OCH3 is 2. The Labute approximate surface area is 161 Å². The zero-order valence-electron chi connectivity index (χ0n) is 15.6. The zero-order chi connectivity index (χ0) is 19.7. The van der Waals surface area contributed by atoms with Crippen LogP contribution in [-0.4, -0.2) is 36.1 Å². The van der Waals surface area contributed by atoms with Gasteiger partial charge in [0.2, 0.25) is 0 Å². The van der Waals surface area contributed by atoms with E-state index in [2.05, 4.69) is 15.7 Å². The van der Waals surface area contributed by atoms with Gasteiger partial charge in [0.1, 0.15) is 5.75 Å². The smallest absolute Gasteiger partial charge is 0.434 e. The fourth-order valence-electron chi connectivity index (χ4n) is 3.57. The Bertz CT molecular complexity index is 1060. The second kappa shape index (κ2) is 7.22. The molecule has 28 heavy (non-hydrogen) atoms. The van der Waals surface area contributed by atoms with E-state index in [9.17, 15) is 9.59 Å². The van der Waals surface area contributed by atoms with Crippen LogP contribution in [0.25, 0.3) is 10.9 Å². The topological polar surface area (TPSA) is 94.5 Å². The monoisotopic (exact) mass is 380 g/mol. The number of carbonyl (C=O) groups excluding carboxylic acids is 2. The van der Waals surface area contributed by atoms with Gasteiger partial charge in [0, 0.05) is 5.39 Å². The number of aromatic nitrogens is 2. The van der Waals surface area contributed by atoms with Gasteiger partial charge in [0.05, 0.1) is 37.7 Å². The molecule has 0 spiro atoms. The first kappa shape index (κ1) is 17.8. The van der Waals surface area contributed by atoms with Gasteiger partial charge in [-0.3, -0.25) is 0 Å². The van der Waals surface area contributed by atoms with Gasteiger partial charge in [-0.2, -0.15) is 9.78 Å². The second-order valence-corrected chi connectivity index (χ2v) is 6.52. The summed E-state index contributed by atoms with van der Waals surface area (Å²) in [5, 5.41) is 10.6. The van der Waals surface area contributed by atoms with E-state index in [1.54, 1.807) is 25.3 Å². The maximum Gasteiger partial charge on any atom is 0.434 e. The first-order chi connectivity index (χ1) is 13.6. The van der Waals surface area contributed by atoms with Gasteiger partial charge < -0.3 is 20.1 Å². The Balaban J connectivity index is 1.53. The standard InChI is InChI=1S/C20H20N4O4/c1-27-13-8-6-12-7-9-17(14(12)10-13)23-19(25)22-16-4-3-5-18-15(16)11-21-24(18)20(26)28-2/h3-6,8,10-11,17H,7,9H2,1-2H3,(H2,22,23,25). The van der Waals surface area contributed by atoms with Crippen LogP contribution in [0.4, 0.5) is 15.3 Å².